The van der Waals surface area contributed by atoms with E-state index in [1.54, 1.807) is 6.07 Å². The van der Waals surface area contributed by atoms with Gasteiger partial charge in [0, 0.05) is 16.5 Å². The molecule has 0 aliphatic rings. The molecule has 0 bridgehead atoms. The van der Waals surface area contributed by atoms with Crippen molar-refractivity contribution in [3.8, 4) is 0 Å². The number of benzene rings is 1. The maximum Gasteiger partial charge on any atom is 0.431 e. The zero-order valence-corrected chi connectivity index (χ0v) is 8.35. The highest BCUT2D eigenvalue weighted by atomic mass is 19.4. The van der Waals surface area contributed by atoms with Crippen LogP contribution in [0.5, 0.6) is 0 Å². The molecule has 1 aromatic carbocycles. The summed E-state index contributed by atoms with van der Waals surface area (Å²) < 4.78 is 37.3. The smallest absolute Gasteiger partial charge is 0.351 e. The summed E-state index contributed by atoms with van der Waals surface area (Å²) in [5.74, 6) is -0.252. The van der Waals surface area contributed by atoms with Gasteiger partial charge >= 0.3 is 6.18 Å². The number of Topliss-reactive ketones (excluding diaryl/α,β-unsaturated/α-hetero) is 1. The summed E-state index contributed by atoms with van der Waals surface area (Å²) in [5, 5.41) is 0.308. The third kappa shape index (κ3) is 1.68. The number of ketones is 1. The van der Waals surface area contributed by atoms with Gasteiger partial charge in [0.15, 0.2) is 5.78 Å². The predicted octanol–water partition coefficient (Wildman–Crippen LogP) is 3.39. The van der Waals surface area contributed by atoms with E-state index in [9.17, 15) is 18.0 Å². The van der Waals surface area contributed by atoms with E-state index in [4.69, 9.17) is 0 Å². The summed E-state index contributed by atoms with van der Waals surface area (Å²) in [6.07, 6.45) is -4.42. The summed E-state index contributed by atoms with van der Waals surface area (Å²) in [7, 11) is 0. The number of hydrogen-bond acceptors (Lipinski definition) is 1. The number of nitrogens with one attached hydrogen (secondary N) is 1. The molecular weight excluding hydrogens is 219 g/mol. The fourth-order valence-electron chi connectivity index (χ4n) is 1.61. The highest BCUT2D eigenvalue weighted by molar-refractivity contribution is 6.06. The number of carbonyl (C=O) groups excluding carboxylic acids is 1. The molecule has 2 aromatic rings. The minimum Gasteiger partial charge on any atom is -0.351 e. The summed E-state index contributed by atoms with van der Waals surface area (Å²) in [6, 6.07) is 5.54. The minimum absolute atomic E-state index is 0.252. The Hall–Kier alpha value is -1.78. The van der Waals surface area contributed by atoms with Crippen molar-refractivity contribution >= 4 is 16.7 Å². The van der Waals surface area contributed by atoms with E-state index < -0.39 is 11.9 Å². The Bertz CT molecular complexity index is 554. The Morgan fingerprint density at radius 3 is 2.56 bits per heavy atom. The number of carbonyl (C=O) groups is 1. The Morgan fingerprint density at radius 1 is 1.31 bits per heavy atom. The van der Waals surface area contributed by atoms with Crippen LogP contribution in [0, 0.1) is 0 Å². The van der Waals surface area contributed by atoms with Crippen molar-refractivity contribution in [1.82, 2.24) is 4.98 Å². The molecule has 0 saturated heterocycles. The summed E-state index contributed by atoms with van der Waals surface area (Å²) in [4.78, 5) is 13.5. The first-order valence-electron chi connectivity index (χ1n) is 4.59. The first kappa shape index (κ1) is 10.7. The molecule has 1 N–H and O–H groups in total. The second kappa shape index (κ2) is 3.37. The van der Waals surface area contributed by atoms with E-state index in [2.05, 4.69) is 4.98 Å². The van der Waals surface area contributed by atoms with Gasteiger partial charge in [-0.05, 0) is 19.1 Å². The van der Waals surface area contributed by atoms with Crippen LogP contribution in [0.15, 0.2) is 24.3 Å². The van der Waals surface area contributed by atoms with Crippen molar-refractivity contribution in [2.45, 2.75) is 13.1 Å². The Kier molecular flexibility index (Phi) is 2.26. The van der Waals surface area contributed by atoms with Gasteiger partial charge in [0.05, 0.1) is 0 Å². The molecule has 0 radical (unpaired) electrons. The molecule has 1 aromatic heterocycles. The molecular formula is C11H8F3NO. The molecule has 1 heterocycles. The van der Waals surface area contributed by atoms with E-state index in [0.29, 0.717) is 16.5 Å². The van der Waals surface area contributed by atoms with Crippen LogP contribution in [-0.2, 0) is 6.18 Å². The summed E-state index contributed by atoms with van der Waals surface area (Å²) in [5.41, 5.74) is -0.222. The molecule has 0 fully saturated rings. The number of alkyl halides is 3. The number of rotatable bonds is 1. The molecule has 2 nitrogen and oxygen atoms in total. The van der Waals surface area contributed by atoms with Crippen LogP contribution in [0.4, 0.5) is 13.2 Å². The van der Waals surface area contributed by atoms with E-state index in [-0.39, 0.29) is 5.78 Å². The second-order valence-electron chi connectivity index (χ2n) is 3.50. The third-order valence-electron chi connectivity index (χ3n) is 2.35. The fourth-order valence-corrected chi connectivity index (χ4v) is 1.61. The van der Waals surface area contributed by atoms with E-state index in [1.165, 1.54) is 19.1 Å². The summed E-state index contributed by atoms with van der Waals surface area (Å²) in [6.45, 7) is 1.33. The lowest BCUT2D eigenvalue weighted by Gasteiger charge is -2.00. The molecule has 5 heteroatoms. The van der Waals surface area contributed by atoms with Crippen LogP contribution >= 0.6 is 0 Å². The number of hydrogen-bond donors (Lipinski definition) is 1. The van der Waals surface area contributed by atoms with Crippen LogP contribution in [0.2, 0.25) is 0 Å². The van der Waals surface area contributed by atoms with Crippen LogP contribution in [0.1, 0.15) is 23.0 Å². The molecule has 0 unspecified atom stereocenters. The van der Waals surface area contributed by atoms with E-state index in [0.717, 1.165) is 6.07 Å². The lowest BCUT2D eigenvalue weighted by atomic mass is 10.1. The Balaban J connectivity index is 2.71. The first-order chi connectivity index (χ1) is 7.39. The van der Waals surface area contributed by atoms with Gasteiger partial charge < -0.3 is 4.98 Å². The zero-order chi connectivity index (χ0) is 11.9. The molecule has 0 atom stereocenters. The predicted molar refractivity (Wildman–Crippen MR) is 53.3 cm³/mol. The molecule has 0 saturated carbocycles. The molecule has 2 rings (SSSR count). The lowest BCUT2D eigenvalue weighted by molar-refractivity contribution is -0.140. The van der Waals surface area contributed by atoms with E-state index >= 15 is 0 Å². The third-order valence-corrected chi connectivity index (χ3v) is 2.35. The Morgan fingerprint density at radius 2 is 2.00 bits per heavy atom. The molecule has 0 aliphatic carbocycles. The van der Waals surface area contributed by atoms with Gasteiger partial charge in [-0.3, -0.25) is 4.79 Å². The lowest BCUT2D eigenvalue weighted by Crippen LogP contribution is -2.04. The number of fused-ring (bicyclic) bond motifs is 1. The van der Waals surface area contributed by atoms with Gasteiger partial charge in [0.25, 0.3) is 0 Å². The minimum atomic E-state index is -4.42. The molecule has 0 spiro atoms. The molecule has 16 heavy (non-hydrogen) atoms. The van der Waals surface area contributed by atoms with Crippen LogP contribution in [0.3, 0.4) is 0 Å². The van der Waals surface area contributed by atoms with Crippen molar-refractivity contribution < 1.29 is 18.0 Å². The molecule has 0 amide bonds. The van der Waals surface area contributed by atoms with Crippen molar-refractivity contribution in [3.05, 3.63) is 35.5 Å². The standard InChI is InChI=1S/C11H8F3NO/c1-6(16)7-3-2-4-9-8(7)5-10(15-9)11(12,13)14/h2-5,15H,1H3. The average Bonchev–Trinajstić information content (AvgIpc) is 2.59. The highest BCUT2D eigenvalue weighted by Crippen LogP contribution is 2.32. The largest absolute Gasteiger partial charge is 0.431 e. The van der Waals surface area contributed by atoms with Crippen molar-refractivity contribution in [2.75, 3.05) is 0 Å². The maximum absolute atomic E-state index is 12.4. The number of aromatic amines is 1. The molecule has 0 aliphatic heterocycles. The van der Waals surface area contributed by atoms with Gasteiger partial charge in [0.1, 0.15) is 5.69 Å². The van der Waals surface area contributed by atoms with Gasteiger partial charge in [0.2, 0.25) is 0 Å². The number of H-pyrrole nitrogens is 1. The number of halogens is 3. The van der Waals surface area contributed by atoms with Crippen LogP contribution in [0.25, 0.3) is 10.9 Å². The zero-order valence-electron chi connectivity index (χ0n) is 8.35. The van der Waals surface area contributed by atoms with Crippen LogP contribution < -0.4 is 0 Å². The molecule has 84 valence electrons. The SMILES string of the molecule is CC(=O)c1cccc2[nH]c(C(F)(F)F)cc12. The van der Waals surface area contributed by atoms with Gasteiger partial charge in [-0.15, -0.1) is 0 Å². The van der Waals surface area contributed by atoms with Crippen molar-refractivity contribution in [3.63, 3.8) is 0 Å². The number of aromatic nitrogens is 1. The highest BCUT2D eigenvalue weighted by Gasteiger charge is 2.32. The van der Waals surface area contributed by atoms with Gasteiger partial charge in [-0.2, -0.15) is 13.2 Å². The first-order valence-corrected chi connectivity index (χ1v) is 4.59. The van der Waals surface area contributed by atoms with Gasteiger partial charge in [-0.25, -0.2) is 0 Å². The fraction of sp³-hybridized carbons (Fsp3) is 0.182. The maximum atomic E-state index is 12.4. The van der Waals surface area contributed by atoms with Crippen molar-refractivity contribution in [2.24, 2.45) is 0 Å². The summed E-state index contributed by atoms with van der Waals surface area (Å²) >= 11 is 0. The van der Waals surface area contributed by atoms with Crippen molar-refractivity contribution in [1.29, 1.82) is 0 Å². The monoisotopic (exact) mass is 227 g/mol. The van der Waals surface area contributed by atoms with Gasteiger partial charge in [-0.1, -0.05) is 12.1 Å². The average molecular weight is 227 g/mol. The normalized spacial score (nSPS) is 12.0. The van der Waals surface area contributed by atoms with E-state index in [1.807, 2.05) is 0 Å². The topological polar surface area (TPSA) is 32.9 Å². The second-order valence-corrected chi connectivity index (χ2v) is 3.50. The Labute approximate surface area is 89.1 Å². The quantitative estimate of drug-likeness (QED) is 0.744. The van der Waals surface area contributed by atoms with Crippen LogP contribution in [-0.4, -0.2) is 10.8 Å².